The first-order valence-corrected chi connectivity index (χ1v) is 8.10. The van der Waals surface area contributed by atoms with Gasteiger partial charge in [0.2, 0.25) is 0 Å². The molecule has 1 aliphatic rings. The predicted molar refractivity (Wildman–Crippen MR) is 90.3 cm³/mol. The predicted octanol–water partition coefficient (Wildman–Crippen LogP) is 2.26. The number of aromatic nitrogens is 3. The number of alkyl halides is 2. The molecule has 1 saturated heterocycles. The number of halogens is 3. The van der Waals surface area contributed by atoms with E-state index in [9.17, 15) is 18.4 Å². The van der Waals surface area contributed by atoms with Gasteiger partial charge in [0.05, 0.1) is 25.3 Å². The zero-order valence-corrected chi connectivity index (χ0v) is 14.7. The van der Waals surface area contributed by atoms with E-state index in [1.165, 1.54) is 13.2 Å². The van der Waals surface area contributed by atoms with Gasteiger partial charge in [0.15, 0.2) is 5.82 Å². The fourth-order valence-corrected chi connectivity index (χ4v) is 3.11. The number of carbonyl (C=O) groups excluding carboxylic acids is 1. The third kappa shape index (κ3) is 3.97. The summed E-state index contributed by atoms with van der Waals surface area (Å²) in [6, 6.07) is 0.346. The van der Waals surface area contributed by atoms with Crippen LogP contribution in [0.25, 0.3) is 11.0 Å². The molecule has 0 aromatic carbocycles. The smallest absolute Gasteiger partial charge is 0.407 e. The first-order valence-electron chi connectivity index (χ1n) is 7.72. The van der Waals surface area contributed by atoms with Crippen molar-refractivity contribution in [1.29, 1.82) is 0 Å². The largest absolute Gasteiger partial charge is 0.465 e. The number of pyridine rings is 1. The zero-order valence-electron chi connectivity index (χ0n) is 13.9. The van der Waals surface area contributed by atoms with E-state index in [0.717, 1.165) is 6.33 Å². The Morgan fingerprint density at radius 3 is 2.81 bits per heavy atom. The maximum absolute atomic E-state index is 13.9. The van der Waals surface area contributed by atoms with E-state index in [2.05, 4.69) is 25.0 Å². The summed E-state index contributed by atoms with van der Waals surface area (Å²) in [5.41, 5.74) is 0.252. The number of carbonyl (C=O) groups is 2. The summed E-state index contributed by atoms with van der Waals surface area (Å²) in [6.07, 6.45) is -0.905. The van der Waals surface area contributed by atoms with Crippen molar-refractivity contribution in [2.75, 3.05) is 25.5 Å². The number of carboxylic acid groups (broad SMARTS) is 1. The maximum Gasteiger partial charge on any atom is 0.407 e. The van der Waals surface area contributed by atoms with Crippen molar-refractivity contribution in [2.45, 2.75) is 18.4 Å². The molecule has 0 saturated carbocycles. The van der Waals surface area contributed by atoms with Gasteiger partial charge < -0.3 is 20.1 Å². The van der Waals surface area contributed by atoms with Crippen LogP contribution in [0.15, 0.2) is 12.4 Å². The average molecular weight is 402 g/mol. The molecule has 27 heavy (non-hydrogen) atoms. The van der Waals surface area contributed by atoms with Crippen molar-refractivity contribution in [3.05, 3.63) is 23.1 Å². The summed E-state index contributed by atoms with van der Waals surface area (Å²) in [4.78, 5) is 35.7. The number of nitrogens with zero attached hydrogens (tertiary/aromatic N) is 4. The number of nitrogens with one attached hydrogen (secondary N) is 1. The lowest BCUT2D eigenvalue weighted by Crippen LogP contribution is -2.53. The van der Waals surface area contributed by atoms with Crippen molar-refractivity contribution in [2.24, 2.45) is 0 Å². The molecule has 2 aromatic heterocycles. The number of likely N-dealkylation sites (tertiary alicyclic amines) is 1. The first kappa shape index (κ1) is 19.0. The van der Waals surface area contributed by atoms with Crippen LogP contribution in [0.1, 0.15) is 16.8 Å². The van der Waals surface area contributed by atoms with Crippen LogP contribution in [0.4, 0.5) is 19.4 Å². The molecule has 144 valence electrons. The van der Waals surface area contributed by atoms with Gasteiger partial charge in [-0.3, -0.25) is 0 Å². The monoisotopic (exact) mass is 401 g/mol. The minimum absolute atomic E-state index is 0.0399. The van der Waals surface area contributed by atoms with E-state index in [1.54, 1.807) is 0 Å². The number of piperidine rings is 1. The standard InChI is InChI=1S/C15H14ClF2N5O4/c1-27-13(24)8-2-9(16)22-11-10(8)19-6-20-12(11)21-7-3-15(17,18)5-23(4-7)14(25)26/h2,6-7H,3-5H2,1H3,(H,25,26)(H,19,20,21)/t7-/m0/s1. The lowest BCUT2D eigenvalue weighted by molar-refractivity contribution is -0.0613. The highest BCUT2D eigenvalue weighted by molar-refractivity contribution is 6.30. The van der Waals surface area contributed by atoms with Crippen LogP contribution >= 0.6 is 11.6 Å². The quantitative estimate of drug-likeness (QED) is 0.594. The summed E-state index contributed by atoms with van der Waals surface area (Å²) in [6.45, 7) is -1.04. The Morgan fingerprint density at radius 1 is 1.41 bits per heavy atom. The number of fused-ring (bicyclic) bond motifs is 1. The van der Waals surface area contributed by atoms with Gasteiger partial charge in [0.25, 0.3) is 5.92 Å². The van der Waals surface area contributed by atoms with Crippen molar-refractivity contribution in [1.82, 2.24) is 19.9 Å². The van der Waals surface area contributed by atoms with Gasteiger partial charge in [0.1, 0.15) is 22.5 Å². The average Bonchev–Trinajstić information content (AvgIpc) is 2.59. The fourth-order valence-electron chi connectivity index (χ4n) is 2.91. The molecule has 12 heteroatoms. The second kappa shape index (κ2) is 7.06. The van der Waals surface area contributed by atoms with E-state index < -0.39 is 37.0 Å². The highest BCUT2D eigenvalue weighted by Gasteiger charge is 2.42. The van der Waals surface area contributed by atoms with Gasteiger partial charge in [-0.25, -0.2) is 33.3 Å². The van der Waals surface area contributed by atoms with E-state index >= 15 is 0 Å². The molecule has 0 radical (unpaired) electrons. The normalized spacial score (nSPS) is 19.0. The van der Waals surface area contributed by atoms with E-state index in [1.807, 2.05) is 0 Å². The Hall–Kier alpha value is -2.82. The minimum atomic E-state index is -3.20. The Kier molecular flexibility index (Phi) is 4.96. The molecule has 2 aromatic rings. The molecule has 0 unspecified atom stereocenters. The Labute approximate surface area is 156 Å². The van der Waals surface area contributed by atoms with Crippen LogP contribution in [0.2, 0.25) is 5.15 Å². The number of rotatable bonds is 3. The molecule has 1 atom stereocenters. The number of hydrogen-bond donors (Lipinski definition) is 2. The van der Waals surface area contributed by atoms with Gasteiger partial charge in [-0.1, -0.05) is 11.6 Å². The molecule has 0 bridgehead atoms. The zero-order chi connectivity index (χ0) is 19.8. The van der Waals surface area contributed by atoms with Crippen LogP contribution < -0.4 is 5.32 Å². The van der Waals surface area contributed by atoms with Gasteiger partial charge in [-0.15, -0.1) is 0 Å². The summed E-state index contributed by atoms with van der Waals surface area (Å²) >= 11 is 5.94. The van der Waals surface area contributed by atoms with Crippen LogP contribution in [-0.4, -0.2) is 69.2 Å². The van der Waals surface area contributed by atoms with Crippen molar-refractivity contribution in [3.63, 3.8) is 0 Å². The number of methoxy groups -OCH3 is 1. The minimum Gasteiger partial charge on any atom is -0.465 e. The molecular formula is C15H14ClF2N5O4. The van der Waals surface area contributed by atoms with Crippen molar-refractivity contribution >= 4 is 40.5 Å². The van der Waals surface area contributed by atoms with Gasteiger partial charge in [-0.05, 0) is 6.07 Å². The topological polar surface area (TPSA) is 118 Å². The molecule has 2 N–H and O–H groups in total. The molecule has 9 nitrogen and oxygen atoms in total. The second-order valence-electron chi connectivity index (χ2n) is 5.97. The molecule has 1 amide bonds. The highest BCUT2D eigenvalue weighted by atomic mass is 35.5. The molecule has 0 aliphatic carbocycles. The summed E-state index contributed by atoms with van der Waals surface area (Å²) in [5, 5.41) is 11.8. The molecule has 0 spiro atoms. The Morgan fingerprint density at radius 2 is 2.15 bits per heavy atom. The lowest BCUT2D eigenvalue weighted by atomic mass is 10.0. The number of ether oxygens (including phenoxy) is 1. The van der Waals surface area contributed by atoms with Gasteiger partial charge in [-0.2, -0.15) is 0 Å². The molecule has 3 heterocycles. The number of esters is 1. The SMILES string of the molecule is COC(=O)c1cc(Cl)nc2c(N[C@@H]3CN(C(=O)O)CC(F)(F)C3)ncnc12. The fraction of sp³-hybridized carbons (Fsp3) is 0.400. The van der Waals surface area contributed by atoms with Gasteiger partial charge >= 0.3 is 12.1 Å². The highest BCUT2D eigenvalue weighted by Crippen LogP contribution is 2.30. The van der Waals surface area contributed by atoms with E-state index in [-0.39, 0.29) is 34.1 Å². The third-order valence-corrected chi connectivity index (χ3v) is 4.18. The molecule has 1 fully saturated rings. The molecule has 1 aliphatic heterocycles. The Bertz CT molecular complexity index is 913. The second-order valence-corrected chi connectivity index (χ2v) is 6.36. The summed E-state index contributed by atoms with van der Waals surface area (Å²) in [5.74, 6) is -3.84. The Balaban J connectivity index is 1.99. The van der Waals surface area contributed by atoms with Crippen LogP contribution in [0, 0.1) is 0 Å². The van der Waals surface area contributed by atoms with Crippen LogP contribution in [-0.2, 0) is 4.74 Å². The van der Waals surface area contributed by atoms with Crippen LogP contribution in [0.3, 0.4) is 0 Å². The van der Waals surface area contributed by atoms with Crippen LogP contribution in [0.5, 0.6) is 0 Å². The van der Waals surface area contributed by atoms with E-state index in [4.69, 9.17) is 16.7 Å². The van der Waals surface area contributed by atoms with Gasteiger partial charge in [0, 0.05) is 13.0 Å². The van der Waals surface area contributed by atoms with Crippen molar-refractivity contribution in [3.8, 4) is 0 Å². The van der Waals surface area contributed by atoms with Crippen molar-refractivity contribution < 1.29 is 28.2 Å². The number of amides is 1. The number of hydrogen-bond acceptors (Lipinski definition) is 7. The van der Waals surface area contributed by atoms with E-state index in [0.29, 0.717) is 4.90 Å². The lowest BCUT2D eigenvalue weighted by Gasteiger charge is -2.36. The number of anilines is 1. The summed E-state index contributed by atoms with van der Waals surface area (Å²) < 4.78 is 32.5. The maximum atomic E-state index is 13.9. The molecule has 3 rings (SSSR count). The third-order valence-electron chi connectivity index (χ3n) is 3.98. The molecular weight excluding hydrogens is 388 g/mol. The summed E-state index contributed by atoms with van der Waals surface area (Å²) in [7, 11) is 1.19. The first-order chi connectivity index (χ1) is 12.7.